The minimum Gasteiger partial charge on any atom is -0.289 e. The topological polar surface area (TPSA) is 17.1 Å². The zero-order valence-corrected chi connectivity index (χ0v) is 19.1. The van der Waals surface area contributed by atoms with Gasteiger partial charge in [0.25, 0.3) is 0 Å². The summed E-state index contributed by atoms with van der Waals surface area (Å²) >= 11 is 0. The van der Waals surface area contributed by atoms with E-state index in [2.05, 4.69) is 86.6 Å². The van der Waals surface area contributed by atoms with Crippen LogP contribution in [0.25, 0.3) is 6.08 Å². The number of hydrogen-bond donors (Lipinski definition) is 0. The van der Waals surface area contributed by atoms with Crippen molar-refractivity contribution in [1.29, 1.82) is 0 Å². The third-order valence-electron chi connectivity index (χ3n) is 5.52. The van der Waals surface area contributed by atoms with Gasteiger partial charge in [-0.1, -0.05) is 77.4 Å². The Labute approximate surface area is 171 Å². The van der Waals surface area contributed by atoms with Crippen molar-refractivity contribution >= 4 is 11.9 Å². The first-order valence-electron chi connectivity index (χ1n) is 10.5. The van der Waals surface area contributed by atoms with Gasteiger partial charge in [-0.2, -0.15) is 0 Å². The summed E-state index contributed by atoms with van der Waals surface area (Å²) in [6.45, 7) is 19.5. The van der Waals surface area contributed by atoms with Crippen molar-refractivity contribution < 1.29 is 4.79 Å². The molecule has 0 amide bonds. The zero-order valence-electron chi connectivity index (χ0n) is 19.1. The molecule has 2 aromatic carbocycles. The fraction of sp³-hybridized carbons (Fsp3) is 0.444. The first-order valence-corrected chi connectivity index (χ1v) is 10.5. The van der Waals surface area contributed by atoms with E-state index >= 15 is 0 Å². The second-order valence-corrected chi connectivity index (χ2v) is 9.05. The Bertz CT molecular complexity index is 842. The minimum atomic E-state index is 0.113. The number of allylic oxidation sites excluding steroid dienone is 1. The SMILES string of the molecule is Cc1cc(C)c(/C=C/C(=O)c2c(C(C)C)cc(C(C)C)cc2C(C)C)c(C)c1. The van der Waals surface area contributed by atoms with Gasteiger partial charge in [0.1, 0.15) is 0 Å². The molecule has 1 nitrogen and oxygen atoms in total. The average Bonchev–Trinajstić information content (AvgIpc) is 2.59. The highest BCUT2D eigenvalue weighted by atomic mass is 16.1. The Hall–Kier alpha value is -2.15. The molecule has 2 rings (SSSR count). The lowest BCUT2D eigenvalue weighted by Crippen LogP contribution is -2.10. The van der Waals surface area contributed by atoms with Gasteiger partial charge in [0.2, 0.25) is 0 Å². The largest absolute Gasteiger partial charge is 0.289 e. The third kappa shape index (κ3) is 4.82. The molecule has 0 spiro atoms. The lowest BCUT2D eigenvalue weighted by molar-refractivity contribution is 0.104. The van der Waals surface area contributed by atoms with Gasteiger partial charge in [-0.05, 0) is 78.0 Å². The standard InChI is InChI=1S/C27H36O/c1-16(2)22-14-24(17(3)4)27(25(15-22)18(5)6)26(28)11-10-23-20(8)12-19(7)13-21(23)9/h10-18H,1-9H3/b11-10+. The number of ketones is 1. The van der Waals surface area contributed by atoms with Gasteiger partial charge in [0.15, 0.2) is 5.78 Å². The quantitative estimate of drug-likeness (QED) is 0.370. The van der Waals surface area contributed by atoms with Crippen LogP contribution in [0.3, 0.4) is 0 Å². The van der Waals surface area contributed by atoms with Crippen LogP contribution in [0.1, 0.15) is 109 Å². The summed E-state index contributed by atoms with van der Waals surface area (Å²) in [5.41, 5.74) is 9.38. The molecule has 0 saturated heterocycles. The number of carbonyl (C=O) groups excluding carboxylic acids is 1. The zero-order chi connectivity index (χ0) is 21.2. The van der Waals surface area contributed by atoms with E-state index in [1.807, 2.05) is 6.08 Å². The van der Waals surface area contributed by atoms with Crippen LogP contribution in [0, 0.1) is 20.8 Å². The molecule has 0 N–H and O–H groups in total. The summed E-state index contributed by atoms with van der Waals surface area (Å²) < 4.78 is 0. The van der Waals surface area contributed by atoms with Gasteiger partial charge in [-0.25, -0.2) is 0 Å². The van der Waals surface area contributed by atoms with Crippen LogP contribution in [-0.4, -0.2) is 5.78 Å². The molecule has 0 radical (unpaired) electrons. The molecule has 0 unspecified atom stereocenters. The van der Waals surface area contributed by atoms with E-state index in [0.717, 1.165) is 11.1 Å². The monoisotopic (exact) mass is 376 g/mol. The van der Waals surface area contributed by atoms with Crippen LogP contribution in [0.15, 0.2) is 30.3 Å². The van der Waals surface area contributed by atoms with Crippen LogP contribution < -0.4 is 0 Å². The maximum Gasteiger partial charge on any atom is 0.186 e. The molecule has 0 bridgehead atoms. The van der Waals surface area contributed by atoms with Gasteiger partial charge in [0, 0.05) is 5.56 Å². The van der Waals surface area contributed by atoms with Crippen molar-refractivity contribution in [2.75, 3.05) is 0 Å². The summed E-state index contributed by atoms with van der Waals surface area (Å²) in [5, 5.41) is 0. The van der Waals surface area contributed by atoms with Crippen LogP contribution >= 0.6 is 0 Å². The Balaban J connectivity index is 2.58. The summed E-state index contributed by atoms with van der Waals surface area (Å²) in [6, 6.07) is 8.83. The molecule has 0 aliphatic rings. The Morgan fingerprint density at radius 3 is 1.61 bits per heavy atom. The van der Waals surface area contributed by atoms with Crippen molar-refractivity contribution in [2.45, 2.75) is 80.1 Å². The number of hydrogen-bond acceptors (Lipinski definition) is 1. The van der Waals surface area contributed by atoms with Crippen LogP contribution in [0.2, 0.25) is 0 Å². The molecule has 0 aromatic heterocycles. The molecule has 0 heterocycles. The van der Waals surface area contributed by atoms with E-state index in [1.54, 1.807) is 6.08 Å². The van der Waals surface area contributed by atoms with Crippen molar-refractivity contribution in [1.82, 2.24) is 0 Å². The smallest absolute Gasteiger partial charge is 0.186 e. The lowest BCUT2D eigenvalue weighted by Gasteiger charge is -2.21. The van der Waals surface area contributed by atoms with Crippen LogP contribution in [0.4, 0.5) is 0 Å². The lowest BCUT2D eigenvalue weighted by atomic mass is 9.82. The van der Waals surface area contributed by atoms with Crippen molar-refractivity contribution in [3.8, 4) is 0 Å². The van der Waals surface area contributed by atoms with Gasteiger partial charge in [0.05, 0.1) is 0 Å². The van der Waals surface area contributed by atoms with Crippen LogP contribution in [0.5, 0.6) is 0 Å². The fourth-order valence-electron chi connectivity index (χ4n) is 3.94. The molecular formula is C27H36O. The predicted octanol–water partition coefficient (Wildman–Crippen LogP) is 7.88. The first kappa shape index (κ1) is 22.1. The average molecular weight is 377 g/mol. The van der Waals surface area contributed by atoms with E-state index in [0.29, 0.717) is 17.8 Å². The maximum atomic E-state index is 13.4. The van der Waals surface area contributed by atoms with Crippen molar-refractivity contribution in [2.24, 2.45) is 0 Å². The Morgan fingerprint density at radius 2 is 1.21 bits per heavy atom. The predicted molar refractivity (Wildman–Crippen MR) is 123 cm³/mol. The normalized spacial score (nSPS) is 12.0. The van der Waals surface area contributed by atoms with Crippen molar-refractivity contribution in [3.63, 3.8) is 0 Å². The fourth-order valence-corrected chi connectivity index (χ4v) is 3.94. The molecule has 0 fully saturated rings. The highest BCUT2D eigenvalue weighted by Crippen LogP contribution is 2.33. The highest BCUT2D eigenvalue weighted by Gasteiger charge is 2.21. The molecule has 1 heteroatoms. The van der Waals surface area contributed by atoms with Crippen molar-refractivity contribution in [3.05, 3.63) is 74.8 Å². The Kier molecular flexibility index (Phi) is 7.04. The molecular weight excluding hydrogens is 340 g/mol. The van der Waals surface area contributed by atoms with Gasteiger partial charge >= 0.3 is 0 Å². The number of benzene rings is 2. The number of aryl methyl sites for hydroxylation is 3. The molecule has 0 saturated carbocycles. The molecule has 2 aromatic rings. The van der Waals surface area contributed by atoms with E-state index in [4.69, 9.17) is 0 Å². The van der Waals surface area contributed by atoms with Gasteiger partial charge in [-0.3, -0.25) is 4.79 Å². The van der Waals surface area contributed by atoms with E-state index in [9.17, 15) is 4.79 Å². The summed E-state index contributed by atoms with van der Waals surface area (Å²) in [6.07, 6.45) is 3.77. The molecule has 0 atom stereocenters. The summed E-state index contributed by atoms with van der Waals surface area (Å²) in [7, 11) is 0. The van der Waals surface area contributed by atoms with E-state index in [-0.39, 0.29) is 5.78 Å². The second-order valence-electron chi connectivity index (χ2n) is 9.05. The summed E-state index contributed by atoms with van der Waals surface area (Å²) in [4.78, 5) is 13.4. The van der Waals surface area contributed by atoms with E-state index < -0.39 is 0 Å². The maximum absolute atomic E-state index is 13.4. The second kappa shape index (κ2) is 8.90. The van der Waals surface area contributed by atoms with E-state index in [1.165, 1.54) is 33.4 Å². The number of rotatable bonds is 6. The molecule has 0 aliphatic heterocycles. The Morgan fingerprint density at radius 1 is 0.750 bits per heavy atom. The third-order valence-corrected chi connectivity index (χ3v) is 5.52. The van der Waals surface area contributed by atoms with Crippen LogP contribution in [-0.2, 0) is 0 Å². The molecule has 28 heavy (non-hydrogen) atoms. The first-order chi connectivity index (χ1) is 13.0. The van der Waals surface area contributed by atoms with Gasteiger partial charge < -0.3 is 0 Å². The summed E-state index contributed by atoms with van der Waals surface area (Å²) in [5.74, 6) is 1.19. The van der Waals surface area contributed by atoms with Gasteiger partial charge in [-0.15, -0.1) is 0 Å². The highest BCUT2D eigenvalue weighted by molar-refractivity contribution is 6.09. The molecule has 150 valence electrons. The number of carbonyl (C=O) groups is 1. The molecule has 0 aliphatic carbocycles. The minimum absolute atomic E-state index is 0.113.